The van der Waals surface area contributed by atoms with Gasteiger partial charge in [0.15, 0.2) is 5.96 Å². The van der Waals surface area contributed by atoms with Gasteiger partial charge in [-0.05, 0) is 43.4 Å². The van der Waals surface area contributed by atoms with Gasteiger partial charge in [0.05, 0.1) is 10.7 Å². The van der Waals surface area contributed by atoms with Gasteiger partial charge in [-0.15, -0.1) is 24.0 Å². The number of aryl methyl sites for hydroxylation is 1. The van der Waals surface area contributed by atoms with Crippen LogP contribution in [0.25, 0.3) is 0 Å². The molecule has 0 aromatic heterocycles. The minimum atomic E-state index is -0.0732. The van der Waals surface area contributed by atoms with Crippen LogP contribution in [-0.4, -0.2) is 32.0 Å². The highest BCUT2D eigenvalue weighted by molar-refractivity contribution is 14.0. The molecule has 5 nitrogen and oxygen atoms in total. The van der Waals surface area contributed by atoms with E-state index in [0.29, 0.717) is 23.7 Å². The maximum Gasteiger partial charge on any atom is 0.226 e. The first kappa shape index (κ1) is 20.0. The van der Waals surface area contributed by atoms with Crippen LogP contribution in [0.1, 0.15) is 24.8 Å². The molecule has 0 atom stereocenters. The van der Waals surface area contributed by atoms with Crippen molar-refractivity contribution in [2.24, 2.45) is 10.9 Å². The van der Waals surface area contributed by atoms with Crippen LogP contribution in [0.3, 0.4) is 0 Å². The van der Waals surface area contributed by atoms with Crippen LogP contribution in [0, 0.1) is 12.8 Å². The Labute approximate surface area is 159 Å². The van der Waals surface area contributed by atoms with E-state index in [0.717, 1.165) is 24.0 Å². The molecule has 128 valence electrons. The summed E-state index contributed by atoms with van der Waals surface area (Å²) in [7, 11) is 1.73. The number of hydrogen-bond acceptors (Lipinski definition) is 2. The monoisotopic (exact) mass is 450 g/mol. The van der Waals surface area contributed by atoms with E-state index in [2.05, 4.69) is 20.9 Å². The number of anilines is 1. The number of nitrogens with one attached hydrogen (secondary N) is 3. The van der Waals surface area contributed by atoms with Gasteiger partial charge in [-0.1, -0.05) is 17.7 Å². The SMILES string of the molecule is CN=C(NCCC(=O)Nc1ccc(C)cc1Cl)NCC1CC1.I. The Bertz CT molecular complexity index is 561. The van der Waals surface area contributed by atoms with Crippen molar-refractivity contribution >= 4 is 53.1 Å². The minimum Gasteiger partial charge on any atom is -0.356 e. The Morgan fingerprint density at radius 1 is 1.35 bits per heavy atom. The van der Waals surface area contributed by atoms with Crippen LogP contribution < -0.4 is 16.0 Å². The van der Waals surface area contributed by atoms with Crippen molar-refractivity contribution < 1.29 is 4.79 Å². The van der Waals surface area contributed by atoms with E-state index in [9.17, 15) is 4.79 Å². The quantitative estimate of drug-likeness (QED) is 0.354. The first-order chi connectivity index (χ1) is 10.6. The minimum absolute atomic E-state index is 0. The normalized spacial score (nSPS) is 14.0. The van der Waals surface area contributed by atoms with E-state index in [1.807, 2.05) is 25.1 Å². The highest BCUT2D eigenvalue weighted by Crippen LogP contribution is 2.27. The van der Waals surface area contributed by atoms with Gasteiger partial charge in [-0.2, -0.15) is 0 Å². The number of hydrogen-bond donors (Lipinski definition) is 3. The second kappa shape index (κ2) is 9.97. The van der Waals surface area contributed by atoms with E-state index >= 15 is 0 Å². The van der Waals surface area contributed by atoms with Gasteiger partial charge in [0.1, 0.15) is 0 Å². The lowest BCUT2D eigenvalue weighted by molar-refractivity contribution is -0.116. The summed E-state index contributed by atoms with van der Waals surface area (Å²) >= 11 is 6.10. The fourth-order valence-corrected chi connectivity index (χ4v) is 2.29. The maximum atomic E-state index is 11.9. The Kier molecular flexibility index (Phi) is 8.68. The molecule has 23 heavy (non-hydrogen) atoms. The molecule has 0 radical (unpaired) electrons. The van der Waals surface area contributed by atoms with Crippen molar-refractivity contribution in [3.8, 4) is 0 Å². The number of nitrogens with zero attached hydrogens (tertiary/aromatic N) is 1. The third-order valence-corrected chi connectivity index (χ3v) is 3.83. The Hall–Kier alpha value is -1.02. The fraction of sp³-hybridized carbons (Fsp3) is 0.500. The van der Waals surface area contributed by atoms with Gasteiger partial charge in [0, 0.05) is 26.6 Å². The van der Waals surface area contributed by atoms with Crippen LogP contribution in [-0.2, 0) is 4.79 Å². The lowest BCUT2D eigenvalue weighted by Crippen LogP contribution is -2.39. The smallest absolute Gasteiger partial charge is 0.226 e. The number of guanidine groups is 1. The van der Waals surface area contributed by atoms with Crippen molar-refractivity contribution in [1.29, 1.82) is 0 Å². The molecule has 7 heteroatoms. The van der Waals surface area contributed by atoms with Gasteiger partial charge in [-0.3, -0.25) is 9.79 Å². The van der Waals surface area contributed by atoms with Gasteiger partial charge in [-0.25, -0.2) is 0 Å². The zero-order valence-corrected chi connectivity index (χ0v) is 16.6. The molecular weight excluding hydrogens is 427 g/mol. The van der Waals surface area contributed by atoms with Crippen LogP contribution in [0.15, 0.2) is 23.2 Å². The van der Waals surface area contributed by atoms with Crippen LogP contribution in [0.5, 0.6) is 0 Å². The summed E-state index contributed by atoms with van der Waals surface area (Å²) in [5.74, 6) is 1.45. The lowest BCUT2D eigenvalue weighted by atomic mass is 10.2. The average molecular weight is 451 g/mol. The number of carbonyl (C=O) groups excluding carboxylic acids is 1. The van der Waals surface area contributed by atoms with Crippen LogP contribution in [0.2, 0.25) is 5.02 Å². The average Bonchev–Trinajstić information content (AvgIpc) is 3.30. The molecule has 0 spiro atoms. The Morgan fingerprint density at radius 3 is 2.70 bits per heavy atom. The summed E-state index contributed by atoms with van der Waals surface area (Å²) in [5, 5.41) is 9.77. The van der Waals surface area contributed by atoms with Gasteiger partial charge >= 0.3 is 0 Å². The molecule has 1 saturated carbocycles. The highest BCUT2D eigenvalue weighted by Gasteiger charge is 2.21. The number of halogens is 2. The largest absolute Gasteiger partial charge is 0.356 e. The molecule has 0 heterocycles. The maximum absolute atomic E-state index is 11.9. The molecule has 1 fully saturated rings. The van der Waals surface area contributed by atoms with E-state index < -0.39 is 0 Å². The molecule has 1 aliphatic carbocycles. The van der Waals surface area contributed by atoms with Gasteiger partial charge < -0.3 is 16.0 Å². The molecule has 1 aromatic rings. The third-order valence-electron chi connectivity index (χ3n) is 3.52. The van der Waals surface area contributed by atoms with Gasteiger partial charge in [0.2, 0.25) is 5.91 Å². The lowest BCUT2D eigenvalue weighted by Gasteiger charge is -2.12. The molecule has 0 unspecified atom stereocenters. The van der Waals surface area contributed by atoms with E-state index in [-0.39, 0.29) is 29.9 Å². The highest BCUT2D eigenvalue weighted by atomic mass is 127. The fourth-order valence-electron chi connectivity index (χ4n) is 2.01. The molecule has 0 saturated heterocycles. The summed E-state index contributed by atoms with van der Waals surface area (Å²) in [6.07, 6.45) is 2.95. The van der Waals surface area contributed by atoms with E-state index in [1.165, 1.54) is 12.8 Å². The predicted octanol–water partition coefficient (Wildman–Crippen LogP) is 3.17. The second-order valence-corrected chi connectivity index (χ2v) is 6.01. The molecule has 0 aliphatic heterocycles. The summed E-state index contributed by atoms with van der Waals surface area (Å²) < 4.78 is 0. The van der Waals surface area contributed by atoms with Gasteiger partial charge in [0.25, 0.3) is 0 Å². The summed E-state index contributed by atoms with van der Waals surface area (Å²) in [4.78, 5) is 16.1. The van der Waals surface area contributed by atoms with Crippen molar-refractivity contribution in [2.45, 2.75) is 26.2 Å². The number of amides is 1. The molecule has 2 rings (SSSR count). The molecular formula is C16H24ClIN4O. The summed E-state index contributed by atoms with van der Waals surface area (Å²) in [5.41, 5.74) is 1.71. The number of carbonyl (C=O) groups is 1. The zero-order chi connectivity index (χ0) is 15.9. The summed E-state index contributed by atoms with van der Waals surface area (Å²) in [6, 6.07) is 5.57. The molecule has 0 bridgehead atoms. The number of aliphatic imine (C=N–C) groups is 1. The van der Waals surface area contributed by atoms with E-state index in [4.69, 9.17) is 11.6 Å². The van der Waals surface area contributed by atoms with E-state index in [1.54, 1.807) is 7.05 Å². The van der Waals surface area contributed by atoms with Crippen molar-refractivity contribution in [2.75, 3.05) is 25.5 Å². The second-order valence-electron chi connectivity index (χ2n) is 5.60. The Morgan fingerprint density at radius 2 is 2.09 bits per heavy atom. The molecule has 1 aromatic carbocycles. The topological polar surface area (TPSA) is 65.5 Å². The zero-order valence-electron chi connectivity index (χ0n) is 13.5. The predicted molar refractivity (Wildman–Crippen MR) is 107 cm³/mol. The Balaban J connectivity index is 0.00000264. The van der Waals surface area contributed by atoms with Crippen LogP contribution in [0.4, 0.5) is 5.69 Å². The van der Waals surface area contributed by atoms with Crippen molar-refractivity contribution in [3.05, 3.63) is 28.8 Å². The third kappa shape index (κ3) is 7.39. The number of rotatable bonds is 6. The first-order valence-corrected chi connectivity index (χ1v) is 7.97. The molecule has 3 N–H and O–H groups in total. The molecule has 1 aliphatic rings. The van der Waals surface area contributed by atoms with Crippen molar-refractivity contribution in [1.82, 2.24) is 10.6 Å². The summed E-state index contributed by atoms with van der Waals surface area (Å²) in [6.45, 7) is 3.44. The first-order valence-electron chi connectivity index (χ1n) is 7.59. The van der Waals surface area contributed by atoms with Crippen LogP contribution >= 0.6 is 35.6 Å². The standard InChI is InChI=1S/C16H23ClN4O.HI/c1-11-3-6-14(13(17)9-11)21-15(22)7-8-19-16(18-2)20-10-12-4-5-12;/h3,6,9,12H,4-5,7-8,10H2,1-2H3,(H,21,22)(H2,18,19,20);1H. The molecule has 1 amide bonds. The van der Waals surface area contributed by atoms with Crippen molar-refractivity contribution in [3.63, 3.8) is 0 Å². The number of benzene rings is 1.